The number of imide groups is 1. The van der Waals surface area contributed by atoms with E-state index >= 15 is 0 Å². The SMILES string of the molecule is COCCCn1c(C)cc(C(=O)CN2C(=O)C(c3ccccc3)N(Cc3ccccc3)C2=O)c1C. The van der Waals surface area contributed by atoms with Gasteiger partial charge in [-0.1, -0.05) is 60.7 Å². The van der Waals surface area contributed by atoms with Crippen LogP contribution in [0.25, 0.3) is 0 Å². The number of ketones is 1. The maximum atomic E-state index is 13.5. The molecule has 1 atom stereocenters. The predicted molar refractivity (Wildman–Crippen MR) is 133 cm³/mol. The second-order valence-corrected chi connectivity index (χ2v) is 8.84. The molecular formula is C28H31N3O4. The Bertz CT molecular complexity index is 1200. The molecule has 1 saturated heterocycles. The summed E-state index contributed by atoms with van der Waals surface area (Å²) < 4.78 is 7.22. The van der Waals surface area contributed by atoms with E-state index in [-0.39, 0.29) is 24.8 Å². The molecule has 3 aromatic rings. The van der Waals surface area contributed by atoms with Gasteiger partial charge in [-0.05, 0) is 37.5 Å². The van der Waals surface area contributed by atoms with E-state index in [2.05, 4.69) is 4.57 Å². The largest absolute Gasteiger partial charge is 0.385 e. The number of hydrogen-bond donors (Lipinski definition) is 0. The lowest BCUT2D eigenvalue weighted by atomic mass is 10.0. The van der Waals surface area contributed by atoms with Gasteiger partial charge >= 0.3 is 6.03 Å². The fourth-order valence-electron chi connectivity index (χ4n) is 4.71. The topological polar surface area (TPSA) is 71.8 Å². The molecule has 4 rings (SSSR count). The van der Waals surface area contributed by atoms with Gasteiger partial charge in [0, 0.05) is 43.8 Å². The molecule has 7 heteroatoms. The van der Waals surface area contributed by atoms with Gasteiger partial charge in [-0.15, -0.1) is 0 Å². The smallest absolute Gasteiger partial charge is 0.328 e. The van der Waals surface area contributed by atoms with E-state index in [9.17, 15) is 14.4 Å². The second-order valence-electron chi connectivity index (χ2n) is 8.84. The first kappa shape index (κ1) is 24.4. The highest BCUT2D eigenvalue weighted by Gasteiger charge is 2.46. The van der Waals surface area contributed by atoms with E-state index in [0.29, 0.717) is 12.2 Å². The Morgan fingerprint density at radius 1 is 0.971 bits per heavy atom. The number of ether oxygens (including phenoxy) is 1. The van der Waals surface area contributed by atoms with E-state index in [1.165, 1.54) is 0 Å². The summed E-state index contributed by atoms with van der Waals surface area (Å²) in [6.07, 6.45) is 0.830. The van der Waals surface area contributed by atoms with E-state index in [4.69, 9.17) is 4.74 Å². The Kier molecular flexibility index (Phi) is 7.46. The average molecular weight is 474 g/mol. The molecule has 3 amide bonds. The third-order valence-corrected chi connectivity index (χ3v) is 6.51. The van der Waals surface area contributed by atoms with Crippen molar-refractivity contribution in [3.8, 4) is 0 Å². The van der Waals surface area contributed by atoms with Crippen LogP contribution in [0.1, 0.15) is 45.3 Å². The number of rotatable bonds is 10. The maximum Gasteiger partial charge on any atom is 0.328 e. The van der Waals surface area contributed by atoms with Gasteiger partial charge in [-0.3, -0.25) is 14.5 Å². The first-order chi connectivity index (χ1) is 16.9. The molecule has 0 radical (unpaired) electrons. The quantitative estimate of drug-likeness (QED) is 0.246. The van der Waals surface area contributed by atoms with Crippen LogP contribution in [0.5, 0.6) is 0 Å². The summed E-state index contributed by atoms with van der Waals surface area (Å²) in [6.45, 7) is 5.22. The number of carbonyl (C=O) groups excluding carboxylic acids is 3. The van der Waals surface area contributed by atoms with E-state index < -0.39 is 12.1 Å². The first-order valence-electron chi connectivity index (χ1n) is 11.8. The molecule has 182 valence electrons. The number of amides is 3. The molecule has 0 N–H and O–H groups in total. The van der Waals surface area contributed by atoms with Gasteiger partial charge in [0.05, 0.1) is 6.54 Å². The van der Waals surface area contributed by atoms with Gasteiger partial charge < -0.3 is 14.2 Å². The minimum absolute atomic E-state index is 0.244. The van der Waals surface area contributed by atoms with Crippen molar-refractivity contribution >= 4 is 17.7 Å². The van der Waals surface area contributed by atoms with Gasteiger partial charge in [0.15, 0.2) is 5.78 Å². The molecule has 0 saturated carbocycles. The second kappa shape index (κ2) is 10.7. The van der Waals surface area contributed by atoms with E-state index in [1.54, 1.807) is 12.0 Å². The van der Waals surface area contributed by atoms with Crippen molar-refractivity contribution in [3.63, 3.8) is 0 Å². The molecule has 0 aliphatic carbocycles. The van der Waals surface area contributed by atoms with Crippen LogP contribution in [0.3, 0.4) is 0 Å². The van der Waals surface area contributed by atoms with Crippen molar-refractivity contribution in [2.45, 2.75) is 39.4 Å². The van der Waals surface area contributed by atoms with Crippen LogP contribution in [0, 0.1) is 13.8 Å². The monoisotopic (exact) mass is 473 g/mol. The molecule has 35 heavy (non-hydrogen) atoms. The Hall–Kier alpha value is -3.71. The standard InChI is InChI=1S/C28H31N3O4/c1-20-17-24(21(2)29(20)15-10-16-35-3)25(32)19-31-27(33)26(23-13-8-5-9-14-23)30(28(31)34)18-22-11-6-4-7-12-22/h4-9,11-14,17,26H,10,15-16,18-19H2,1-3H3. The molecular weight excluding hydrogens is 442 g/mol. The van der Waals surface area contributed by atoms with Crippen molar-refractivity contribution in [1.82, 2.24) is 14.4 Å². The number of methoxy groups -OCH3 is 1. The molecule has 1 aliphatic heterocycles. The molecule has 1 fully saturated rings. The van der Waals surface area contributed by atoms with Gasteiger partial charge in [0.25, 0.3) is 5.91 Å². The van der Waals surface area contributed by atoms with E-state index in [1.807, 2.05) is 80.6 Å². The van der Waals surface area contributed by atoms with Crippen molar-refractivity contribution in [1.29, 1.82) is 0 Å². The number of carbonyl (C=O) groups is 3. The van der Waals surface area contributed by atoms with Crippen molar-refractivity contribution < 1.29 is 19.1 Å². The van der Waals surface area contributed by atoms with Crippen molar-refractivity contribution in [2.24, 2.45) is 0 Å². The van der Waals surface area contributed by atoms with Crippen LogP contribution in [0.15, 0.2) is 66.7 Å². The number of hydrogen-bond acceptors (Lipinski definition) is 4. The molecule has 0 spiro atoms. The molecule has 1 aliphatic rings. The Morgan fingerprint density at radius 3 is 2.29 bits per heavy atom. The number of Topliss-reactive ketones (excluding diaryl/α,β-unsaturated/α-hetero) is 1. The van der Waals surface area contributed by atoms with Crippen LogP contribution in [0.2, 0.25) is 0 Å². The number of nitrogens with zero attached hydrogens (tertiary/aromatic N) is 3. The highest BCUT2D eigenvalue weighted by atomic mass is 16.5. The summed E-state index contributed by atoms with van der Waals surface area (Å²) in [6, 6.07) is 19.4. The third kappa shape index (κ3) is 5.05. The fourth-order valence-corrected chi connectivity index (χ4v) is 4.71. The fraction of sp³-hybridized carbons (Fsp3) is 0.321. The third-order valence-electron chi connectivity index (χ3n) is 6.51. The average Bonchev–Trinajstić information content (AvgIpc) is 3.28. The highest BCUT2D eigenvalue weighted by Crippen LogP contribution is 2.33. The molecule has 1 unspecified atom stereocenters. The minimum Gasteiger partial charge on any atom is -0.385 e. The van der Waals surface area contributed by atoms with Gasteiger partial charge in [0.2, 0.25) is 0 Å². The van der Waals surface area contributed by atoms with Crippen LogP contribution in [-0.4, -0.2) is 52.3 Å². The minimum atomic E-state index is -0.766. The van der Waals surface area contributed by atoms with E-state index in [0.717, 1.165) is 40.4 Å². The molecule has 7 nitrogen and oxygen atoms in total. The highest BCUT2D eigenvalue weighted by molar-refractivity contribution is 6.09. The van der Waals surface area contributed by atoms with Gasteiger partial charge in [0.1, 0.15) is 6.04 Å². The maximum absolute atomic E-state index is 13.5. The molecule has 1 aromatic heterocycles. The molecule has 2 heterocycles. The zero-order valence-corrected chi connectivity index (χ0v) is 20.4. The lowest BCUT2D eigenvalue weighted by molar-refractivity contribution is -0.128. The van der Waals surface area contributed by atoms with Crippen LogP contribution < -0.4 is 0 Å². The summed E-state index contributed by atoms with van der Waals surface area (Å²) in [5, 5.41) is 0. The Balaban J connectivity index is 1.59. The molecule has 2 aromatic carbocycles. The van der Waals surface area contributed by atoms with Crippen LogP contribution in [0.4, 0.5) is 4.79 Å². The number of aryl methyl sites for hydroxylation is 1. The van der Waals surface area contributed by atoms with Crippen molar-refractivity contribution in [3.05, 3.63) is 94.8 Å². The number of urea groups is 1. The zero-order chi connectivity index (χ0) is 24.9. The Labute approximate surface area is 205 Å². The number of benzene rings is 2. The van der Waals surface area contributed by atoms with Crippen molar-refractivity contribution in [2.75, 3.05) is 20.3 Å². The first-order valence-corrected chi connectivity index (χ1v) is 11.8. The lowest BCUT2D eigenvalue weighted by Crippen LogP contribution is -2.37. The summed E-state index contributed by atoms with van der Waals surface area (Å²) in [5.41, 5.74) is 3.99. The van der Waals surface area contributed by atoms with Gasteiger partial charge in [-0.25, -0.2) is 4.79 Å². The van der Waals surface area contributed by atoms with Crippen LogP contribution in [-0.2, 0) is 22.6 Å². The normalized spacial score (nSPS) is 15.8. The summed E-state index contributed by atoms with van der Waals surface area (Å²) in [5.74, 6) is -0.620. The lowest BCUT2D eigenvalue weighted by Gasteiger charge is -2.22. The summed E-state index contributed by atoms with van der Waals surface area (Å²) in [7, 11) is 1.66. The predicted octanol–water partition coefficient (Wildman–Crippen LogP) is 4.53. The van der Waals surface area contributed by atoms with Gasteiger partial charge in [-0.2, -0.15) is 0 Å². The summed E-state index contributed by atoms with van der Waals surface area (Å²) >= 11 is 0. The van der Waals surface area contributed by atoms with Crippen LogP contribution >= 0.6 is 0 Å². The summed E-state index contributed by atoms with van der Waals surface area (Å²) in [4.78, 5) is 42.9. The molecule has 0 bridgehead atoms. The number of aromatic nitrogens is 1. The zero-order valence-electron chi connectivity index (χ0n) is 20.4. The Morgan fingerprint density at radius 2 is 1.63 bits per heavy atom.